The van der Waals surface area contributed by atoms with Crippen molar-refractivity contribution in [1.82, 2.24) is 4.98 Å². The average Bonchev–Trinajstić information content (AvgIpc) is 2.00. The van der Waals surface area contributed by atoms with Crippen molar-refractivity contribution >= 4 is 22.6 Å². The van der Waals surface area contributed by atoms with Gasteiger partial charge in [0.15, 0.2) is 0 Å². The SMILES string of the molecule is Cc1c(I)ncc(C(F)F)c1F. The summed E-state index contributed by atoms with van der Waals surface area (Å²) in [5.41, 5.74) is -0.457. The van der Waals surface area contributed by atoms with Crippen molar-refractivity contribution in [2.45, 2.75) is 13.3 Å². The highest BCUT2D eigenvalue weighted by atomic mass is 127. The maximum Gasteiger partial charge on any atom is 0.268 e. The van der Waals surface area contributed by atoms with Gasteiger partial charge in [-0.15, -0.1) is 0 Å². The van der Waals surface area contributed by atoms with E-state index in [4.69, 9.17) is 0 Å². The molecular weight excluding hydrogens is 282 g/mol. The van der Waals surface area contributed by atoms with E-state index in [1.807, 2.05) is 0 Å². The molecule has 0 fully saturated rings. The van der Waals surface area contributed by atoms with Crippen LogP contribution in [0, 0.1) is 16.4 Å². The standard InChI is InChI=1S/C7H5F3IN/c1-3-5(8)4(6(9)10)2-12-7(3)11/h2,6H,1H3. The highest BCUT2D eigenvalue weighted by Crippen LogP contribution is 2.24. The Morgan fingerprint density at radius 1 is 1.50 bits per heavy atom. The van der Waals surface area contributed by atoms with Gasteiger partial charge in [0, 0.05) is 11.8 Å². The molecule has 1 aromatic heterocycles. The van der Waals surface area contributed by atoms with Gasteiger partial charge < -0.3 is 0 Å². The summed E-state index contributed by atoms with van der Waals surface area (Å²) in [7, 11) is 0. The van der Waals surface area contributed by atoms with Crippen molar-refractivity contribution < 1.29 is 13.2 Å². The molecule has 0 atom stereocenters. The van der Waals surface area contributed by atoms with Crippen molar-refractivity contribution in [1.29, 1.82) is 0 Å². The maximum atomic E-state index is 13.0. The first-order valence-corrected chi connectivity index (χ1v) is 4.20. The molecule has 0 spiro atoms. The van der Waals surface area contributed by atoms with Gasteiger partial charge in [-0.25, -0.2) is 18.2 Å². The van der Waals surface area contributed by atoms with E-state index in [-0.39, 0.29) is 5.56 Å². The molecule has 0 radical (unpaired) electrons. The minimum Gasteiger partial charge on any atom is -0.249 e. The predicted octanol–water partition coefficient (Wildman–Crippen LogP) is 3.07. The van der Waals surface area contributed by atoms with Crippen molar-refractivity contribution in [3.63, 3.8) is 0 Å². The third-order valence-corrected chi connectivity index (χ3v) is 2.53. The summed E-state index contributed by atoms with van der Waals surface area (Å²) in [5, 5.41) is 0. The quantitative estimate of drug-likeness (QED) is 0.571. The summed E-state index contributed by atoms with van der Waals surface area (Å²) >= 11 is 1.79. The molecule has 0 aliphatic heterocycles. The summed E-state index contributed by atoms with van der Waals surface area (Å²) in [4.78, 5) is 3.63. The Labute approximate surface area is 81.1 Å². The van der Waals surface area contributed by atoms with E-state index in [0.29, 0.717) is 3.70 Å². The summed E-state index contributed by atoms with van der Waals surface area (Å²) < 4.78 is 37.5. The van der Waals surface area contributed by atoms with E-state index < -0.39 is 17.8 Å². The second-order valence-corrected chi connectivity index (χ2v) is 3.27. The Hall–Kier alpha value is -0.330. The van der Waals surface area contributed by atoms with Crippen LogP contribution < -0.4 is 0 Å². The first-order valence-electron chi connectivity index (χ1n) is 3.12. The lowest BCUT2D eigenvalue weighted by Gasteiger charge is -2.04. The zero-order valence-electron chi connectivity index (χ0n) is 6.11. The summed E-state index contributed by atoms with van der Waals surface area (Å²) in [6.07, 6.45) is -1.93. The smallest absolute Gasteiger partial charge is 0.249 e. The Morgan fingerprint density at radius 3 is 2.58 bits per heavy atom. The highest BCUT2D eigenvalue weighted by Gasteiger charge is 2.16. The van der Waals surface area contributed by atoms with Crippen LogP contribution in [0.1, 0.15) is 17.6 Å². The lowest BCUT2D eigenvalue weighted by molar-refractivity contribution is 0.145. The number of halogens is 4. The second kappa shape index (κ2) is 3.59. The van der Waals surface area contributed by atoms with Crippen LogP contribution in [0.15, 0.2) is 6.20 Å². The van der Waals surface area contributed by atoms with E-state index in [2.05, 4.69) is 4.98 Å². The number of hydrogen-bond donors (Lipinski definition) is 0. The first-order chi connectivity index (χ1) is 5.54. The van der Waals surface area contributed by atoms with Gasteiger partial charge in [0.1, 0.15) is 9.52 Å². The molecule has 1 heterocycles. The maximum absolute atomic E-state index is 13.0. The van der Waals surface area contributed by atoms with Crippen molar-refractivity contribution in [3.8, 4) is 0 Å². The van der Waals surface area contributed by atoms with Crippen LogP contribution in [-0.2, 0) is 0 Å². The van der Waals surface area contributed by atoms with Gasteiger partial charge >= 0.3 is 0 Å². The van der Waals surface area contributed by atoms with Crippen LogP contribution in [0.2, 0.25) is 0 Å². The van der Waals surface area contributed by atoms with Crippen LogP contribution in [-0.4, -0.2) is 4.98 Å². The predicted molar refractivity (Wildman–Crippen MR) is 46.6 cm³/mol. The molecule has 0 N–H and O–H groups in total. The summed E-state index contributed by atoms with van der Waals surface area (Å²) in [6, 6.07) is 0. The Balaban J connectivity index is 3.27. The van der Waals surface area contributed by atoms with Crippen LogP contribution in [0.25, 0.3) is 0 Å². The molecule has 66 valence electrons. The fourth-order valence-corrected chi connectivity index (χ4v) is 1.11. The fraction of sp³-hybridized carbons (Fsp3) is 0.286. The molecule has 0 saturated carbocycles. The summed E-state index contributed by atoms with van der Waals surface area (Å²) in [5.74, 6) is -0.857. The first kappa shape index (κ1) is 9.76. The Bertz CT molecular complexity index is 301. The normalized spacial score (nSPS) is 10.8. The number of pyridine rings is 1. The van der Waals surface area contributed by atoms with Crippen LogP contribution in [0.3, 0.4) is 0 Å². The van der Waals surface area contributed by atoms with Gasteiger partial charge in [0.25, 0.3) is 6.43 Å². The van der Waals surface area contributed by atoms with Crippen LogP contribution in [0.5, 0.6) is 0 Å². The molecule has 0 bridgehead atoms. The molecule has 0 saturated heterocycles. The van der Waals surface area contributed by atoms with Gasteiger partial charge in [-0.3, -0.25) is 0 Å². The zero-order valence-corrected chi connectivity index (χ0v) is 8.27. The molecular formula is C7H5F3IN. The monoisotopic (exact) mass is 287 g/mol. The third kappa shape index (κ3) is 1.70. The van der Waals surface area contributed by atoms with Crippen LogP contribution in [0.4, 0.5) is 13.2 Å². The Kier molecular flexibility index (Phi) is 2.92. The van der Waals surface area contributed by atoms with E-state index in [0.717, 1.165) is 6.20 Å². The van der Waals surface area contributed by atoms with Crippen molar-refractivity contribution in [3.05, 3.63) is 26.8 Å². The average molecular weight is 287 g/mol. The third-order valence-electron chi connectivity index (χ3n) is 1.44. The van der Waals surface area contributed by atoms with Gasteiger partial charge in [0.05, 0.1) is 5.56 Å². The van der Waals surface area contributed by atoms with Gasteiger partial charge in [-0.1, -0.05) is 0 Å². The van der Waals surface area contributed by atoms with Gasteiger partial charge in [0.2, 0.25) is 0 Å². The van der Waals surface area contributed by atoms with Crippen molar-refractivity contribution in [2.24, 2.45) is 0 Å². The lowest BCUT2D eigenvalue weighted by atomic mass is 10.2. The zero-order chi connectivity index (χ0) is 9.30. The van der Waals surface area contributed by atoms with Gasteiger partial charge in [-0.05, 0) is 29.5 Å². The number of rotatable bonds is 1. The second-order valence-electron chi connectivity index (χ2n) is 2.24. The van der Waals surface area contributed by atoms with E-state index in [1.54, 1.807) is 22.6 Å². The van der Waals surface area contributed by atoms with E-state index in [1.165, 1.54) is 6.92 Å². The number of aromatic nitrogens is 1. The minimum atomic E-state index is -2.80. The number of alkyl halides is 2. The molecule has 0 aliphatic carbocycles. The van der Waals surface area contributed by atoms with E-state index in [9.17, 15) is 13.2 Å². The molecule has 0 amide bonds. The molecule has 0 aliphatic rings. The fourth-order valence-electron chi connectivity index (χ4n) is 0.739. The van der Waals surface area contributed by atoms with E-state index >= 15 is 0 Å². The highest BCUT2D eigenvalue weighted by molar-refractivity contribution is 14.1. The Morgan fingerprint density at radius 2 is 2.08 bits per heavy atom. The molecule has 1 aromatic rings. The van der Waals surface area contributed by atoms with Crippen molar-refractivity contribution in [2.75, 3.05) is 0 Å². The summed E-state index contributed by atoms with van der Waals surface area (Å²) in [6.45, 7) is 1.43. The molecule has 1 nitrogen and oxygen atoms in total. The largest absolute Gasteiger partial charge is 0.268 e. The topological polar surface area (TPSA) is 12.9 Å². The molecule has 1 rings (SSSR count). The minimum absolute atomic E-state index is 0.174. The molecule has 0 unspecified atom stereocenters. The van der Waals surface area contributed by atoms with Gasteiger partial charge in [-0.2, -0.15) is 0 Å². The molecule has 0 aromatic carbocycles. The van der Waals surface area contributed by atoms with Crippen LogP contribution >= 0.6 is 22.6 Å². The lowest BCUT2D eigenvalue weighted by Crippen LogP contribution is -1.98. The molecule has 12 heavy (non-hydrogen) atoms. The molecule has 5 heteroatoms. The number of nitrogens with zero attached hydrogens (tertiary/aromatic N) is 1. The number of hydrogen-bond acceptors (Lipinski definition) is 1.